The summed E-state index contributed by atoms with van der Waals surface area (Å²) >= 11 is 0. The van der Waals surface area contributed by atoms with E-state index in [0.717, 1.165) is 25.8 Å². The smallest absolute Gasteiger partial charge is 0.213 e. The molecule has 0 radical (unpaired) electrons. The Bertz CT molecular complexity index is 904. The Kier molecular flexibility index (Phi) is 7.17. The topological polar surface area (TPSA) is 143 Å². The van der Waals surface area contributed by atoms with Gasteiger partial charge in [-0.25, -0.2) is 15.0 Å². The third kappa shape index (κ3) is 5.54. The normalized spacial score (nSPS) is 20.1. The van der Waals surface area contributed by atoms with E-state index in [4.69, 9.17) is 15.3 Å². The minimum atomic E-state index is -0.923. The highest BCUT2D eigenvalue weighted by atomic mass is 16.6. The van der Waals surface area contributed by atoms with E-state index < -0.39 is 6.35 Å². The van der Waals surface area contributed by atoms with Crippen molar-refractivity contribution in [3.8, 4) is 5.88 Å². The van der Waals surface area contributed by atoms with Crippen molar-refractivity contribution in [3.05, 3.63) is 30.2 Å². The van der Waals surface area contributed by atoms with Crippen LogP contribution in [0.25, 0.3) is 0 Å². The SMILES string of the molecule is CO/N=C/c1c(N)ncnc1N1CCC(NC(O)Nc2ccc(OC3CCCC3)nc2)C1. The van der Waals surface area contributed by atoms with Crippen LogP contribution < -0.4 is 26.0 Å². The van der Waals surface area contributed by atoms with E-state index in [0.29, 0.717) is 35.3 Å². The molecule has 11 heteroatoms. The van der Waals surface area contributed by atoms with Gasteiger partial charge in [0.05, 0.1) is 23.7 Å². The molecule has 5 N–H and O–H groups in total. The number of ether oxygens (including phenoxy) is 1. The zero-order valence-electron chi connectivity index (χ0n) is 18.1. The number of hydrogen-bond donors (Lipinski definition) is 4. The molecular formula is C21H30N8O3. The first kappa shape index (κ1) is 22.0. The van der Waals surface area contributed by atoms with Crippen molar-refractivity contribution in [3.63, 3.8) is 0 Å². The van der Waals surface area contributed by atoms with E-state index >= 15 is 0 Å². The van der Waals surface area contributed by atoms with Gasteiger partial charge in [-0.2, -0.15) is 0 Å². The molecule has 0 spiro atoms. The lowest BCUT2D eigenvalue weighted by Gasteiger charge is -2.22. The van der Waals surface area contributed by atoms with Crippen LogP contribution in [0.3, 0.4) is 0 Å². The molecule has 0 bridgehead atoms. The molecular weight excluding hydrogens is 412 g/mol. The molecule has 2 unspecified atom stereocenters. The number of nitrogens with two attached hydrogens (primary N) is 1. The van der Waals surface area contributed by atoms with E-state index in [2.05, 4.69) is 35.6 Å². The highest BCUT2D eigenvalue weighted by Crippen LogP contribution is 2.25. The second kappa shape index (κ2) is 10.4. The van der Waals surface area contributed by atoms with E-state index in [1.807, 2.05) is 12.1 Å². The fourth-order valence-electron chi connectivity index (χ4n) is 4.10. The van der Waals surface area contributed by atoms with E-state index in [9.17, 15) is 5.11 Å². The van der Waals surface area contributed by atoms with Gasteiger partial charge >= 0.3 is 0 Å². The summed E-state index contributed by atoms with van der Waals surface area (Å²) in [6.45, 7) is 1.40. The summed E-state index contributed by atoms with van der Waals surface area (Å²) in [7, 11) is 1.46. The number of aliphatic hydroxyl groups excluding tert-OH is 1. The second-order valence-corrected chi connectivity index (χ2v) is 7.97. The number of nitrogen functional groups attached to an aromatic ring is 1. The molecule has 1 aliphatic carbocycles. The van der Waals surface area contributed by atoms with Gasteiger partial charge in [-0.3, -0.25) is 5.32 Å². The zero-order valence-corrected chi connectivity index (χ0v) is 18.1. The lowest BCUT2D eigenvalue weighted by Crippen LogP contribution is -2.44. The van der Waals surface area contributed by atoms with Crippen molar-refractivity contribution in [2.75, 3.05) is 36.1 Å². The quantitative estimate of drug-likeness (QED) is 0.255. The Morgan fingerprint density at radius 1 is 1.25 bits per heavy atom. The summed E-state index contributed by atoms with van der Waals surface area (Å²) in [5.41, 5.74) is 7.30. The average Bonchev–Trinajstić information content (AvgIpc) is 3.46. The average molecular weight is 443 g/mol. The van der Waals surface area contributed by atoms with Crippen LogP contribution in [0.5, 0.6) is 5.88 Å². The predicted octanol–water partition coefficient (Wildman–Crippen LogP) is 1.31. The van der Waals surface area contributed by atoms with Gasteiger partial charge in [0.2, 0.25) is 5.88 Å². The maximum atomic E-state index is 10.5. The summed E-state index contributed by atoms with van der Waals surface area (Å²) in [6, 6.07) is 3.74. The molecule has 0 aromatic carbocycles. The van der Waals surface area contributed by atoms with E-state index in [1.165, 1.54) is 32.5 Å². The number of nitrogens with one attached hydrogen (secondary N) is 2. The Labute approximate surface area is 187 Å². The lowest BCUT2D eigenvalue weighted by atomic mass is 10.2. The Balaban J connectivity index is 1.29. The third-order valence-corrected chi connectivity index (χ3v) is 5.69. The van der Waals surface area contributed by atoms with Crippen LogP contribution in [0.4, 0.5) is 17.3 Å². The van der Waals surface area contributed by atoms with Crippen molar-refractivity contribution in [1.82, 2.24) is 20.3 Å². The maximum absolute atomic E-state index is 10.5. The standard InChI is InChI=1S/C21H30N8O3/c1-31-26-11-17-19(22)24-13-25-20(17)29-9-8-15(12-29)28-21(30)27-14-6-7-18(23-10-14)32-16-4-2-3-5-16/h6-7,10-11,13,15-16,21,27-28,30H,2-5,8-9,12H2,1H3,(H2,22,24,25)/b26-11+. The molecule has 1 aliphatic heterocycles. The molecule has 2 atom stereocenters. The number of pyridine rings is 1. The van der Waals surface area contributed by atoms with Crippen LogP contribution in [0.1, 0.15) is 37.7 Å². The minimum Gasteiger partial charge on any atom is -0.474 e. The number of aromatic nitrogens is 3. The van der Waals surface area contributed by atoms with Crippen LogP contribution in [0.15, 0.2) is 29.8 Å². The number of nitrogens with zero attached hydrogens (tertiary/aromatic N) is 5. The Morgan fingerprint density at radius 3 is 2.84 bits per heavy atom. The van der Waals surface area contributed by atoms with Gasteiger partial charge in [0, 0.05) is 25.2 Å². The summed E-state index contributed by atoms with van der Waals surface area (Å²) in [4.78, 5) is 19.6. The van der Waals surface area contributed by atoms with Gasteiger partial charge in [-0.1, -0.05) is 5.16 Å². The van der Waals surface area contributed by atoms with Crippen molar-refractivity contribution in [2.45, 2.75) is 50.6 Å². The van der Waals surface area contributed by atoms with E-state index in [1.54, 1.807) is 6.20 Å². The molecule has 1 saturated heterocycles. The minimum absolute atomic E-state index is 0.0545. The van der Waals surface area contributed by atoms with Crippen LogP contribution in [-0.4, -0.2) is 65.0 Å². The summed E-state index contributed by atoms with van der Waals surface area (Å²) in [5.74, 6) is 1.64. The Morgan fingerprint density at radius 2 is 2.09 bits per heavy atom. The predicted molar refractivity (Wildman–Crippen MR) is 122 cm³/mol. The Hall–Kier alpha value is -3.18. The molecule has 2 aromatic rings. The maximum Gasteiger partial charge on any atom is 0.213 e. The molecule has 32 heavy (non-hydrogen) atoms. The molecule has 172 valence electrons. The van der Waals surface area contributed by atoms with Gasteiger partial charge < -0.3 is 30.6 Å². The van der Waals surface area contributed by atoms with Gasteiger partial charge in [-0.15, -0.1) is 0 Å². The number of aliphatic hydroxyl groups is 1. The molecule has 2 aromatic heterocycles. The van der Waals surface area contributed by atoms with Crippen LogP contribution >= 0.6 is 0 Å². The van der Waals surface area contributed by atoms with Crippen molar-refractivity contribution in [1.29, 1.82) is 0 Å². The zero-order chi connectivity index (χ0) is 22.3. The number of rotatable bonds is 9. The van der Waals surface area contributed by atoms with Crippen LogP contribution in [-0.2, 0) is 4.84 Å². The first-order valence-electron chi connectivity index (χ1n) is 10.9. The molecule has 2 fully saturated rings. The number of oxime groups is 1. The first-order valence-corrected chi connectivity index (χ1v) is 10.9. The van der Waals surface area contributed by atoms with Gasteiger partial charge in [0.25, 0.3) is 0 Å². The molecule has 2 aliphatic rings. The highest BCUT2D eigenvalue weighted by molar-refractivity contribution is 5.91. The number of anilines is 3. The monoisotopic (exact) mass is 442 g/mol. The molecule has 11 nitrogen and oxygen atoms in total. The van der Waals surface area contributed by atoms with Crippen LogP contribution in [0.2, 0.25) is 0 Å². The fraction of sp³-hybridized carbons (Fsp3) is 0.524. The second-order valence-electron chi connectivity index (χ2n) is 7.97. The van der Waals surface area contributed by atoms with Crippen molar-refractivity contribution < 1.29 is 14.7 Å². The van der Waals surface area contributed by atoms with Gasteiger partial charge in [-0.05, 0) is 38.2 Å². The summed E-state index contributed by atoms with van der Waals surface area (Å²) in [5, 5.41) is 20.4. The largest absolute Gasteiger partial charge is 0.474 e. The third-order valence-electron chi connectivity index (χ3n) is 5.69. The summed E-state index contributed by atoms with van der Waals surface area (Å²) in [6.07, 6.45) is 9.39. The molecule has 4 rings (SSSR count). The highest BCUT2D eigenvalue weighted by Gasteiger charge is 2.27. The van der Waals surface area contributed by atoms with Crippen LogP contribution in [0, 0.1) is 0 Å². The van der Waals surface area contributed by atoms with E-state index in [-0.39, 0.29) is 12.1 Å². The molecule has 3 heterocycles. The first-order chi connectivity index (χ1) is 15.6. The van der Waals surface area contributed by atoms with Crippen molar-refractivity contribution >= 4 is 23.5 Å². The van der Waals surface area contributed by atoms with Gasteiger partial charge in [0.1, 0.15) is 31.2 Å². The lowest BCUT2D eigenvalue weighted by molar-refractivity contribution is 0.152. The molecule has 0 amide bonds. The molecule has 1 saturated carbocycles. The number of hydrogen-bond acceptors (Lipinski definition) is 11. The van der Waals surface area contributed by atoms with Gasteiger partial charge in [0.15, 0.2) is 6.35 Å². The summed E-state index contributed by atoms with van der Waals surface area (Å²) < 4.78 is 5.88. The fourth-order valence-corrected chi connectivity index (χ4v) is 4.10. The van der Waals surface area contributed by atoms with Crippen molar-refractivity contribution in [2.24, 2.45) is 5.16 Å².